The number of carbonyl (C=O) groups excluding carboxylic acids is 1. The molecule has 1 saturated carbocycles. The molecule has 0 radical (unpaired) electrons. The number of aromatic nitrogens is 1. The fraction of sp³-hybridized carbons (Fsp3) is 0.643. The molecule has 1 aliphatic carbocycles. The Kier molecular flexibility index (Phi) is 3.78. The highest BCUT2D eigenvalue weighted by atomic mass is 35.7. The predicted octanol–water partition coefficient (Wildman–Crippen LogP) is 2.77. The van der Waals surface area contributed by atoms with Crippen molar-refractivity contribution in [3.8, 4) is 0 Å². The van der Waals surface area contributed by atoms with Crippen molar-refractivity contribution in [3.63, 3.8) is 0 Å². The van der Waals surface area contributed by atoms with E-state index in [1.165, 1.54) is 12.3 Å². The van der Waals surface area contributed by atoms with E-state index in [1.54, 1.807) is 0 Å². The van der Waals surface area contributed by atoms with Crippen LogP contribution in [0.1, 0.15) is 55.6 Å². The molecule has 1 amide bonds. The average molecular weight is 331 g/mol. The van der Waals surface area contributed by atoms with E-state index in [0.717, 1.165) is 38.6 Å². The smallest absolute Gasteiger partial charge is 0.270 e. The van der Waals surface area contributed by atoms with E-state index in [0.29, 0.717) is 5.69 Å². The minimum absolute atomic E-state index is 0.0197. The van der Waals surface area contributed by atoms with Crippen LogP contribution >= 0.6 is 10.7 Å². The lowest BCUT2D eigenvalue weighted by molar-refractivity contribution is 0.0730. The van der Waals surface area contributed by atoms with Crippen LogP contribution in [-0.4, -0.2) is 36.4 Å². The molecule has 0 spiro atoms. The van der Waals surface area contributed by atoms with Crippen LogP contribution in [0.25, 0.3) is 0 Å². The van der Waals surface area contributed by atoms with Gasteiger partial charge in [-0.05, 0) is 45.1 Å². The fourth-order valence-electron chi connectivity index (χ4n) is 3.11. The number of nitrogens with zero attached hydrogens (tertiary/aromatic N) is 2. The second-order valence-electron chi connectivity index (χ2n) is 5.98. The zero-order chi connectivity index (χ0) is 15.2. The largest absolute Gasteiger partial charge is 0.339 e. The Labute approximate surface area is 129 Å². The fourth-order valence-corrected chi connectivity index (χ4v) is 3.85. The quantitative estimate of drug-likeness (QED) is 0.801. The van der Waals surface area contributed by atoms with Crippen molar-refractivity contribution in [2.75, 3.05) is 6.54 Å². The summed E-state index contributed by atoms with van der Waals surface area (Å²) in [6, 6.07) is 1.85. The highest BCUT2D eigenvalue weighted by Gasteiger charge is 2.32. The number of amides is 1. The molecule has 3 rings (SSSR count). The van der Waals surface area contributed by atoms with Crippen LogP contribution in [0, 0.1) is 0 Å². The van der Waals surface area contributed by atoms with Gasteiger partial charge in [0.25, 0.3) is 15.0 Å². The van der Waals surface area contributed by atoms with E-state index in [1.807, 2.05) is 16.4 Å². The molecule has 0 bridgehead atoms. The number of hydrogen-bond acceptors (Lipinski definition) is 3. The van der Waals surface area contributed by atoms with Gasteiger partial charge in [-0.25, -0.2) is 8.42 Å². The van der Waals surface area contributed by atoms with Gasteiger partial charge in [-0.1, -0.05) is 0 Å². The van der Waals surface area contributed by atoms with Crippen LogP contribution in [0.15, 0.2) is 17.2 Å². The van der Waals surface area contributed by atoms with E-state index in [2.05, 4.69) is 0 Å². The van der Waals surface area contributed by atoms with Gasteiger partial charge in [0.1, 0.15) is 10.6 Å². The summed E-state index contributed by atoms with van der Waals surface area (Å²) in [7, 11) is 1.62. The van der Waals surface area contributed by atoms with Gasteiger partial charge < -0.3 is 9.47 Å². The van der Waals surface area contributed by atoms with Crippen molar-refractivity contribution in [1.82, 2.24) is 9.47 Å². The van der Waals surface area contributed by atoms with Gasteiger partial charge in [0.2, 0.25) is 0 Å². The normalized spacial score (nSPS) is 23.3. The maximum atomic E-state index is 12.7. The Bertz CT molecular complexity index is 664. The molecule has 0 N–H and O–H groups in total. The van der Waals surface area contributed by atoms with E-state index in [-0.39, 0.29) is 22.9 Å². The van der Waals surface area contributed by atoms with E-state index >= 15 is 0 Å². The zero-order valence-corrected chi connectivity index (χ0v) is 13.5. The molecule has 1 aromatic rings. The van der Waals surface area contributed by atoms with Gasteiger partial charge in [0.05, 0.1) is 0 Å². The average Bonchev–Trinajstić information content (AvgIpc) is 2.92. The van der Waals surface area contributed by atoms with E-state index < -0.39 is 9.05 Å². The van der Waals surface area contributed by atoms with Gasteiger partial charge in [0.15, 0.2) is 0 Å². The van der Waals surface area contributed by atoms with Crippen molar-refractivity contribution in [2.45, 2.75) is 56.0 Å². The van der Waals surface area contributed by atoms with E-state index in [9.17, 15) is 13.2 Å². The van der Waals surface area contributed by atoms with Crippen LogP contribution in [-0.2, 0) is 9.05 Å². The van der Waals surface area contributed by atoms with Crippen molar-refractivity contribution < 1.29 is 13.2 Å². The lowest BCUT2D eigenvalue weighted by Crippen LogP contribution is -2.35. The van der Waals surface area contributed by atoms with Crippen molar-refractivity contribution in [1.29, 1.82) is 0 Å². The minimum Gasteiger partial charge on any atom is -0.339 e. The van der Waals surface area contributed by atoms with Gasteiger partial charge in [-0.15, -0.1) is 0 Å². The molecule has 7 heteroatoms. The summed E-state index contributed by atoms with van der Waals surface area (Å²) < 4.78 is 24.9. The monoisotopic (exact) mass is 330 g/mol. The third-order valence-electron chi connectivity index (χ3n) is 4.61. The molecule has 1 saturated heterocycles. The molecule has 116 valence electrons. The molecule has 1 aliphatic heterocycles. The Morgan fingerprint density at radius 1 is 1.29 bits per heavy atom. The van der Waals surface area contributed by atoms with Crippen LogP contribution in [0.4, 0.5) is 0 Å². The van der Waals surface area contributed by atoms with Gasteiger partial charge in [-0.3, -0.25) is 4.79 Å². The lowest BCUT2D eigenvalue weighted by atomic mass is 9.93. The molecule has 2 fully saturated rings. The zero-order valence-electron chi connectivity index (χ0n) is 12.0. The Morgan fingerprint density at radius 3 is 2.48 bits per heavy atom. The standard InChI is InChI=1S/C14H19ClN2O3S/c1-10-4-3-7-16(10)14(18)13-8-12(21(15,19)20)9-17(13)11-5-2-6-11/h8-11H,2-7H2,1H3. The van der Waals surface area contributed by atoms with Crippen LogP contribution in [0.3, 0.4) is 0 Å². The SMILES string of the molecule is CC1CCCN1C(=O)c1cc(S(=O)(=O)Cl)cn1C1CCC1. The topological polar surface area (TPSA) is 59.4 Å². The van der Waals surface area contributed by atoms with Gasteiger partial charge in [-0.2, -0.15) is 0 Å². The molecular formula is C14H19ClN2O3S. The maximum absolute atomic E-state index is 12.7. The van der Waals surface area contributed by atoms with Crippen LogP contribution < -0.4 is 0 Å². The number of rotatable bonds is 3. The number of hydrogen-bond donors (Lipinski definition) is 0. The van der Waals surface area contributed by atoms with Crippen LogP contribution in [0.2, 0.25) is 0 Å². The first kappa shape index (κ1) is 14.9. The third kappa shape index (κ3) is 2.71. The molecule has 2 heterocycles. The molecule has 0 aromatic carbocycles. The first-order valence-corrected chi connectivity index (χ1v) is 9.66. The second kappa shape index (κ2) is 5.32. The van der Waals surface area contributed by atoms with Crippen LogP contribution in [0.5, 0.6) is 0 Å². The van der Waals surface area contributed by atoms with Gasteiger partial charge in [0, 0.05) is 35.5 Å². The Hall–Kier alpha value is -1.01. The van der Waals surface area contributed by atoms with Gasteiger partial charge >= 0.3 is 0 Å². The number of carbonyl (C=O) groups is 1. The Morgan fingerprint density at radius 2 is 2.00 bits per heavy atom. The summed E-state index contributed by atoms with van der Waals surface area (Å²) in [5.41, 5.74) is 0.452. The molecular weight excluding hydrogens is 312 g/mol. The van der Waals surface area contributed by atoms with Crippen molar-refractivity contribution >= 4 is 25.6 Å². The summed E-state index contributed by atoms with van der Waals surface area (Å²) in [5.74, 6) is -0.0848. The van der Waals surface area contributed by atoms with E-state index in [4.69, 9.17) is 10.7 Å². The molecule has 1 aromatic heterocycles. The second-order valence-corrected chi connectivity index (χ2v) is 8.55. The number of likely N-dealkylation sites (tertiary alicyclic amines) is 1. The summed E-state index contributed by atoms with van der Waals surface area (Å²) in [4.78, 5) is 14.6. The summed E-state index contributed by atoms with van der Waals surface area (Å²) >= 11 is 0. The third-order valence-corrected chi connectivity index (χ3v) is 5.93. The highest BCUT2D eigenvalue weighted by Crippen LogP contribution is 2.35. The summed E-state index contributed by atoms with van der Waals surface area (Å²) in [6.45, 7) is 2.76. The molecule has 1 atom stereocenters. The highest BCUT2D eigenvalue weighted by molar-refractivity contribution is 8.13. The summed E-state index contributed by atoms with van der Waals surface area (Å²) in [5, 5.41) is 0. The molecule has 2 aliphatic rings. The minimum atomic E-state index is -3.81. The van der Waals surface area contributed by atoms with Crippen molar-refractivity contribution in [2.24, 2.45) is 0 Å². The lowest BCUT2D eigenvalue weighted by Gasteiger charge is -2.30. The molecule has 21 heavy (non-hydrogen) atoms. The first-order valence-electron chi connectivity index (χ1n) is 7.35. The Balaban J connectivity index is 1.99. The maximum Gasteiger partial charge on any atom is 0.270 e. The first-order chi connectivity index (χ1) is 9.88. The number of halogens is 1. The molecule has 1 unspecified atom stereocenters. The predicted molar refractivity (Wildman–Crippen MR) is 80.1 cm³/mol. The van der Waals surface area contributed by atoms with Crippen molar-refractivity contribution in [3.05, 3.63) is 18.0 Å². The molecule has 5 nitrogen and oxygen atoms in total. The summed E-state index contributed by atoms with van der Waals surface area (Å²) in [6.07, 6.45) is 6.58.